The molecule has 1 atom stereocenters. The molecule has 1 unspecified atom stereocenters. The van der Waals surface area contributed by atoms with Crippen LogP contribution in [0.5, 0.6) is 0 Å². The van der Waals surface area contributed by atoms with Crippen LogP contribution in [0.4, 0.5) is 0 Å². The predicted octanol–water partition coefficient (Wildman–Crippen LogP) is 0.535. The fraction of sp³-hybridized carbons (Fsp3) is 0.700. The smallest absolute Gasteiger partial charge is 0.239 e. The summed E-state index contributed by atoms with van der Waals surface area (Å²) in [6, 6.07) is 3.85. The molecule has 0 aromatic carbocycles. The Labute approximate surface area is 89.8 Å². The summed E-state index contributed by atoms with van der Waals surface area (Å²) in [4.78, 5) is 13.1. The molecule has 0 radical (unpaired) electrons. The highest BCUT2D eigenvalue weighted by Gasteiger charge is 2.19. The summed E-state index contributed by atoms with van der Waals surface area (Å²) in [6.07, 6.45) is 0.271. The van der Waals surface area contributed by atoms with Crippen LogP contribution in [0.2, 0.25) is 0 Å². The van der Waals surface area contributed by atoms with E-state index in [0.29, 0.717) is 19.7 Å². The molecule has 0 fully saturated rings. The van der Waals surface area contributed by atoms with Crippen molar-refractivity contribution >= 4 is 5.91 Å². The third-order valence-electron chi connectivity index (χ3n) is 1.93. The summed E-state index contributed by atoms with van der Waals surface area (Å²) in [5.74, 6) is -0.912. The van der Waals surface area contributed by atoms with Crippen LogP contribution in [0.3, 0.4) is 0 Å². The lowest BCUT2D eigenvalue weighted by molar-refractivity contribution is -0.133. The van der Waals surface area contributed by atoms with Gasteiger partial charge in [0.2, 0.25) is 5.91 Å². The third-order valence-corrected chi connectivity index (χ3v) is 1.93. The summed E-state index contributed by atoms with van der Waals surface area (Å²) in [5.41, 5.74) is 0. The molecule has 0 spiro atoms. The molecule has 15 heavy (non-hydrogen) atoms. The van der Waals surface area contributed by atoms with Gasteiger partial charge in [-0.1, -0.05) is 0 Å². The molecule has 0 bridgehead atoms. The van der Waals surface area contributed by atoms with Gasteiger partial charge >= 0.3 is 0 Å². The number of carbonyl (C=O) groups excluding carboxylic acids is 1. The molecule has 0 aliphatic carbocycles. The molecule has 5 nitrogen and oxygen atoms in total. The number of hydrogen-bond donors (Lipinski definition) is 0. The Balaban J connectivity index is 4.29. The van der Waals surface area contributed by atoms with Crippen LogP contribution in [0.25, 0.3) is 0 Å². The summed E-state index contributed by atoms with van der Waals surface area (Å²) < 4.78 is 4.86. The number of nitriles is 2. The van der Waals surface area contributed by atoms with Crippen molar-refractivity contribution in [3.8, 4) is 12.1 Å². The molecule has 0 N–H and O–H groups in total. The van der Waals surface area contributed by atoms with Gasteiger partial charge in [0.15, 0.2) is 0 Å². The highest BCUT2D eigenvalue weighted by atomic mass is 16.5. The zero-order chi connectivity index (χ0) is 11.7. The van der Waals surface area contributed by atoms with E-state index in [1.54, 1.807) is 14.0 Å². The monoisotopic (exact) mass is 209 g/mol. The minimum absolute atomic E-state index is 0.246. The van der Waals surface area contributed by atoms with Crippen molar-refractivity contribution in [1.82, 2.24) is 4.90 Å². The van der Waals surface area contributed by atoms with Crippen molar-refractivity contribution in [3.05, 3.63) is 0 Å². The maximum absolute atomic E-state index is 11.6. The van der Waals surface area contributed by atoms with Gasteiger partial charge in [0.25, 0.3) is 0 Å². The Morgan fingerprint density at radius 2 is 2.13 bits per heavy atom. The first-order valence-corrected chi connectivity index (χ1v) is 4.71. The molecule has 0 saturated carbocycles. The van der Waals surface area contributed by atoms with Crippen molar-refractivity contribution in [1.29, 1.82) is 10.5 Å². The minimum atomic E-state index is -0.666. The van der Waals surface area contributed by atoms with E-state index in [4.69, 9.17) is 15.3 Å². The molecule has 0 saturated heterocycles. The molecule has 0 heterocycles. The fourth-order valence-electron chi connectivity index (χ4n) is 1.05. The number of amides is 1. The van der Waals surface area contributed by atoms with Gasteiger partial charge in [0.05, 0.1) is 25.2 Å². The van der Waals surface area contributed by atoms with Gasteiger partial charge in [-0.15, -0.1) is 0 Å². The van der Waals surface area contributed by atoms with Crippen LogP contribution in [-0.4, -0.2) is 37.6 Å². The lowest BCUT2D eigenvalue weighted by Crippen LogP contribution is -2.37. The Morgan fingerprint density at radius 3 is 2.60 bits per heavy atom. The molecule has 0 aromatic heterocycles. The molecule has 5 heteroatoms. The summed E-state index contributed by atoms with van der Waals surface area (Å²) in [5, 5.41) is 17.0. The number of rotatable bonds is 6. The highest BCUT2D eigenvalue weighted by molar-refractivity contribution is 5.80. The van der Waals surface area contributed by atoms with Crippen molar-refractivity contribution < 1.29 is 9.53 Å². The van der Waals surface area contributed by atoms with Crippen molar-refractivity contribution in [2.45, 2.75) is 13.3 Å². The molecule has 1 amide bonds. The summed E-state index contributed by atoms with van der Waals surface area (Å²) in [6.45, 7) is 2.73. The van der Waals surface area contributed by atoms with Gasteiger partial charge in [-0.2, -0.15) is 10.5 Å². The van der Waals surface area contributed by atoms with Gasteiger partial charge in [-0.3, -0.25) is 4.79 Å². The summed E-state index contributed by atoms with van der Waals surface area (Å²) >= 11 is 0. The van der Waals surface area contributed by atoms with Gasteiger partial charge < -0.3 is 9.64 Å². The van der Waals surface area contributed by atoms with E-state index in [9.17, 15) is 4.79 Å². The number of nitrogens with zero attached hydrogens (tertiary/aromatic N) is 3. The van der Waals surface area contributed by atoms with Crippen molar-refractivity contribution in [2.24, 2.45) is 5.92 Å². The Morgan fingerprint density at radius 1 is 1.47 bits per heavy atom. The quantitative estimate of drug-likeness (QED) is 0.639. The fourth-order valence-corrected chi connectivity index (χ4v) is 1.05. The maximum Gasteiger partial charge on any atom is 0.239 e. The molecule has 82 valence electrons. The lowest BCUT2D eigenvalue weighted by Gasteiger charge is -2.22. The third kappa shape index (κ3) is 4.99. The first-order chi connectivity index (χ1) is 7.17. The van der Waals surface area contributed by atoms with Gasteiger partial charge in [0.1, 0.15) is 5.92 Å². The average Bonchev–Trinajstić information content (AvgIpc) is 2.27. The number of hydrogen-bond acceptors (Lipinski definition) is 4. The number of methoxy groups -OCH3 is 1. The Kier molecular flexibility index (Phi) is 6.96. The average molecular weight is 209 g/mol. The largest absolute Gasteiger partial charge is 0.383 e. The number of ether oxygens (including phenoxy) is 1. The van der Waals surface area contributed by atoms with E-state index in [1.807, 2.05) is 12.1 Å². The van der Waals surface area contributed by atoms with Crippen LogP contribution in [0, 0.1) is 28.6 Å². The zero-order valence-electron chi connectivity index (χ0n) is 9.06. The molecule has 0 aliphatic heterocycles. The zero-order valence-corrected chi connectivity index (χ0v) is 9.06. The van der Waals surface area contributed by atoms with E-state index >= 15 is 0 Å². The van der Waals surface area contributed by atoms with Crippen LogP contribution in [-0.2, 0) is 9.53 Å². The number of carbonyl (C=O) groups is 1. The van der Waals surface area contributed by atoms with E-state index in [1.165, 1.54) is 4.90 Å². The van der Waals surface area contributed by atoms with Gasteiger partial charge in [-0.05, 0) is 6.92 Å². The van der Waals surface area contributed by atoms with Gasteiger partial charge in [0, 0.05) is 20.2 Å². The lowest BCUT2D eigenvalue weighted by atomic mass is 10.1. The molecular weight excluding hydrogens is 194 g/mol. The van der Waals surface area contributed by atoms with E-state index in [-0.39, 0.29) is 12.3 Å². The van der Waals surface area contributed by atoms with Gasteiger partial charge in [-0.25, -0.2) is 0 Å². The molecule has 0 aliphatic rings. The topological polar surface area (TPSA) is 77.1 Å². The summed E-state index contributed by atoms with van der Waals surface area (Å²) in [7, 11) is 1.54. The highest BCUT2D eigenvalue weighted by Crippen LogP contribution is 2.02. The second kappa shape index (κ2) is 7.78. The second-order valence-electron chi connectivity index (χ2n) is 3.08. The van der Waals surface area contributed by atoms with Crippen molar-refractivity contribution in [3.63, 3.8) is 0 Å². The van der Waals surface area contributed by atoms with Crippen LogP contribution < -0.4 is 0 Å². The molecule has 0 rings (SSSR count). The standard InChI is InChI=1S/C10H15N3O2/c1-9(8-12)10(14)13(5-3-4-11)6-7-15-2/h9H,3,5-7H2,1-2H3. The van der Waals surface area contributed by atoms with Crippen molar-refractivity contribution in [2.75, 3.05) is 26.8 Å². The Bertz CT molecular complexity index is 277. The molecular formula is C10H15N3O2. The predicted molar refractivity (Wildman–Crippen MR) is 53.5 cm³/mol. The van der Waals surface area contributed by atoms with Crippen LogP contribution >= 0.6 is 0 Å². The van der Waals surface area contributed by atoms with E-state index in [2.05, 4.69) is 0 Å². The molecule has 0 aromatic rings. The maximum atomic E-state index is 11.6. The Hall–Kier alpha value is -1.59. The minimum Gasteiger partial charge on any atom is -0.383 e. The normalized spacial score (nSPS) is 11.2. The van der Waals surface area contributed by atoms with E-state index in [0.717, 1.165) is 0 Å². The van der Waals surface area contributed by atoms with Crippen LogP contribution in [0.15, 0.2) is 0 Å². The SMILES string of the molecule is COCCN(CCC#N)C(=O)C(C)C#N. The second-order valence-corrected chi connectivity index (χ2v) is 3.08. The first kappa shape index (κ1) is 13.4. The van der Waals surface area contributed by atoms with Crippen LogP contribution in [0.1, 0.15) is 13.3 Å². The van der Waals surface area contributed by atoms with E-state index < -0.39 is 5.92 Å². The first-order valence-electron chi connectivity index (χ1n) is 4.71.